The lowest BCUT2D eigenvalue weighted by atomic mass is 9.78. The number of methoxy groups -OCH3 is 2. The van der Waals surface area contributed by atoms with Gasteiger partial charge in [-0.15, -0.1) is 0 Å². The second-order valence-corrected chi connectivity index (χ2v) is 29.8. The maximum Gasteiger partial charge on any atom is 0.312 e. The number of phenolic OH excluding ortho intramolecular Hbond substituents is 1. The fourth-order valence-electron chi connectivity index (χ4n) is 14.8. The highest BCUT2D eigenvalue weighted by molar-refractivity contribution is 6.26. The number of carbonyl (C=O) groups excluding carboxylic acids is 9. The second kappa shape index (κ2) is 34.8. The number of aliphatic hydroxyl groups excluding tert-OH is 2. The van der Waals surface area contributed by atoms with Crippen LogP contribution < -0.4 is 52.1 Å². The number of aromatic hydroxyl groups is 1. The Balaban J connectivity index is 0.944. The molecule has 1 saturated heterocycles. The monoisotopic (exact) mass is 1500 g/mol. The number of nitrogens with two attached hydrogens (primary N) is 1. The van der Waals surface area contributed by atoms with Crippen molar-refractivity contribution in [1.82, 2.24) is 25.8 Å². The number of benzene rings is 4. The number of rotatable bonds is 23. The van der Waals surface area contributed by atoms with Gasteiger partial charge in [0.1, 0.15) is 53.0 Å². The zero-order valence-electron chi connectivity index (χ0n) is 63.9. The minimum Gasteiger partial charge on any atom is -0.505 e. The molecule has 4 aliphatic rings. The van der Waals surface area contributed by atoms with Gasteiger partial charge in [0, 0.05) is 148 Å². The molecule has 29 nitrogen and oxygen atoms in total. The van der Waals surface area contributed by atoms with Crippen LogP contribution in [-0.4, -0.2) is 186 Å². The summed E-state index contributed by atoms with van der Waals surface area (Å²) in [5.74, 6) is -10.1. The van der Waals surface area contributed by atoms with E-state index in [1.165, 1.54) is 72.5 Å². The van der Waals surface area contributed by atoms with Gasteiger partial charge in [-0.2, -0.15) is 0 Å². The van der Waals surface area contributed by atoms with E-state index in [-0.39, 0.29) is 129 Å². The topological polar surface area (TPSA) is 396 Å². The molecule has 108 heavy (non-hydrogen) atoms. The quantitative estimate of drug-likeness (QED) is 0.00574. The number of carbonyl (C=O) groups is 9. The smallest absolute Gasteiger partial charge is 0.312 e. The SMILES string of the molecule is COc1cc(N2CCC([N+](C)(C)Cc3ccc(NC(=O)[C@H](CCCNC(N)=O)NC(=O)[C@@H](NC(=O)CCCCCN4C(=O)C=CC4=O)C(C)C)cc3)CC2)cc2oc3c4c(O)c5c(=O)c(C)c6c(c5c3nc12)C(=O)[C@@](C)(O/C=C/[C@H](OC)[C@@H](C)[C@@H](OC(C)=O)[C@H](C)[C@H](O)[C@H](C)[C@@H](O)[C@@H](C)/C=C/C=C(/C)C(=O)N4)O6. The summed E-state index contributed by atoms with van der Waals surface area (Å²) in [5.41, 5.74) is 6.31. The number of urea groups is 1. The molecule has 582 valence electrons. The lowest BCUT2D eigenvalue weighted by molar-refractivity contribution is -0.928. The van der Waals surface area contributed by atoms with Crippen LogP contribution in [0, 0.1) is 36.5 Å². The number of esters is 1. The number of nitrogens with one attached hydrogen (secondary N) is 5. The largest absolute Gasteiger partial charge is 0.505 e. The maximum absolute atomic E-state index is 15.2. The number of aromatic nitrogens is 1. The number of imide groups is 1. The van der Waals surface area contributed by atoms with Crippen molar-refractivity contribution in [3.05, 3.63) is 112 Å². The molecule has 4 aromatic carbocycles. The van der Waals surface area contributed by atoms with Crippen molar-refractivity contribution in [1.29, 1.82) is 0 Å². The summed E-state index contributed by atoms with van der Waals surface area (Å²) < 4.78 is 37.7. The second-order valence-electron chi connectivity index (χ2n) is 29.8. The molecule has 1 aromatic heterocycles. The molecule has 0 saturated carbocycles. The van der Waals surface area contributed by atoms with Crippen LogP contribution in [0.25, 0.3) is 33.0 Å². The highest BCUT2D eigenvalue weighted by atomic mass is 16.7. The standard InChI is InChI=1S/C79H102N10O19/c1-41(2)63(84-57(91)23-16-15-17-34-88-58(92)28-29-59(88)93)77(101)83-53(22-19-33-81-78(80)102)76(100)82-50-26-24-49(25-27-50)40-89(11,12)52-30-35-87(36-31-52)51-38-55(104-14)64-56(39-51)107-73-65(85-64)60-61-69(96)47(8)72-62(60)74(98)79(10,108-72)105-37-32-54(103-13)44(5)71(106-48(9)90)46(7)68(95)45(6)67(94)42(3)20-18-21-43(4)75(99)86-66(73)70(61)97/h18,20-21,24-29,32,37-39,41-42,44-46,52-54,63,67-68,71,94-95H,15-17,19,22-23,30-31,33-36,40H2,1-14H3,(H7-,80,81,82,83,84,85,86,91,96,97,98,99,100,101,102)/p+1/b20-18+,37-32+,43-21-/t42-,44+,45+,46+,53-,54-,63-,67-,68+,71+,79-/m0/s1. The van der Waals surface area contributed by atoms with E-state index in [1.807, 2.05) is 18.2 Å². The van der Waals surface area contributed by atoms with Gasteiger partial charge in [-0.05, 0) is 63.7 Å². The Kier molecular flexibility index (Phi) is 26.3. The predicted molar refractivity (Wildman–Crippen MR) is 404 cm³/mol. The average Bonchev–Trinajstić information content (AvgIpc) is 1.41. The van der Waals surface area contributed by atoms with Crippen molar-refractivity contribution in [2.45, 2.75) is 175 Å². The van der Waals surface area contributed by atoms with Crippen molar-refractivity contribution in [2.24, 2.45) is 35.3 Å². The number of fused-ring (bicyclic) bond motifs is 2. The molecule has 11 atom stereocenters. The lowest BCUT2D eigenvalue weighted by Crippen LogP contribution is -2.54. The zero-order chi connectivity index (χ0) is 79.0. The van der Waals surface area contributed by atoms with Crippen LogP contribution in [-0.2, 0) is 54.3 Å². The Morgan fingerprint density at radius 3 is 2.18 bits per heavy atom. The van der Waals surface area contributed by atoms with E-state index in [2.05, 4.69) is 45.6 Å². The van der Waals surface area contributed by atoms with Crippen molar-refractivity contribution in [3.63, 3.8) is 0 Å². The molecule has 4 aliphatic heterocycles. The van der Waals surface area contributed by atoms with Crippen LogP contribution in [0.2, 0.25) is 0 Å². The molecule has 10 N–H and O–H groups in total. The maximum atomic E-state index is 15.2. The summed E-state index contributed by atoms with van der Waals surface area (Å²) in [6.45, 7) is 18.2. The number of anilines is 3. The number of ketones is 1. The van der Waals surface area contributed by atoms with Gasteiger partial charge in [-0.25, -0.2) is 9.78 Å². The van der Waals surface area contributed by atoms with E-state index in [0.717, 1.165) is 23.3 Å². The number of unbranched alkanes of at least 4 members (excludes halogenated alkanes) is 2. The first-order valence-electron chi connectivity index (χ1n) is 36.7. The molecule has 0 spiro atoms. The Morgan fingerprint density at radius 2 is 1.54 bits per heavy atom. The lowest BCUT2D eigenvalue weighted by Gasteiger charge is -2.43. The molecule has 1 fully saturated rings. The van der Waals surface area contributed by atoms with E-state index in [9.17, 15) is 58.5 Å². The molecule has 0 unspecified atom stereocenters. The molecule has 0 radical (unpaired) electrons. The molecule has 0 aliphatic carbocycles. The number of ether oxygens (including phenoxy) is 5. The van der Waals surface area contributed by atoms with Gasteiger partial charge in [0.25, 0.3) is 23.5 Å². The number of hydrogen-bond donors (Lipinski definition) is 9. The summed E-state index contributed by atoms with van der Waals surface area (Å²) >= 11 is 0. The van der Waals surface area contributed by atoms with Crippen molar-refractivity contribution in [3.8, 4) is 17.2 Å². The predicted octanol–water partition coefficient (Wildman–Crippen LogP) is 7.75. The van der Waals surface area contributed by atoms with Gasteiger partial charge in [0.2, 0.25) is 17.7 Å². The number of allylic oxidation sites excluding steroid dienone is 2. The summed E-state index contributed by atoms with van der Waals surface area (Å²) in [4.78, 5) is 142. The number of quaternary nitrogens is 1. The number of hydrogen-bond acceptors (Lipinski definition) is 21. The highest BCUT2D eigenvalue weighted by Gasteiger charge is 2.50. The number of amides is 8. The third-order valence-corrected chi connectivity index (χ3v) is 21.3. The van der Waals surface area contributed by atoms with Crippen LogP contribution in [0.4, 0.5) is 21.9 Å². The number of primary amides is 1. The average molecular weight is 1500 g/mol. The van der Waals surface area contributed by atoms with Crippen molar-refractivity contribution < 1.29 is 91.1 Å². The van der Waals surface area contributed by atoms with Crippen LogP contribution in [0.15, 0.2) is 93.9 Å². The van der Waals surface area contributed by atoms with E-state index in [0.29, 0.717) is 54.8 Å². The van der Waals surface area contributed by atoms with Crippen LogP contribution in [0.3, 0.4) is 0 Å². The van der Waals surface area contributed by atoms with Crippen LogP contribution in [0.1, 0.15) is 135 Å². The normalized spacial score (nSPS) is 24.1. The minimum absolute atomic E-state index is 0.0611. The third kappa shape index (κ3) is 18.3. The fourth-order valence-corrected chi connectivity index (χ4v) is 14.8. The molecule has 9 rings (SSSR count). The Bertz CT molecular complexity index is 4440. The number of phenols is 1. The zero-order valence-corrected chi connectivity index (χ0v) is 63.9. The van der Waals surface area contributed by atoms with Gasteiger partial charge in [-0.3, -0.25) is 48.1 Å². The van der Waals surface area contributed by atoms with Gasteiger partial charge in [0.15, 0.2) is 22.3 Å². The number of aliphatic hydroxyl groups is 2. The third-order valence-electron chi connectivity index (χ3n) is 21.3. The van der Waals surface area contributed by atoms with Crippen molar-refractivity contribution in [2.75, 3.05) is 70.0 Å². The summed E-state index contributed by atoms with van der Waals surface area (Å²) in [7, 11) is 7.21. The number of piperidine rings is 1. The first-order chi connectivity index (χ1) is 51.1. The van der Waals surface area contributed by atoms with Gasteiger partial charge < -0.3 is 85.1 Å². The molecule has 5 aromatic rings. The molecule has 29 heteroatoms. The fraction of sp³-hybridized carbons (Fsp3) is 0.506. The summed E-state index contributed by atoms with van der Waals surface area (Å²) in [6, 6.07) is 8.43. The Hall–Kier alpha value is -10.2. The van der Waals surface area contributed by atoms with Gasteiger partial charge in [0.05, 0.1) is 62.8 Å². The highest BCUT2D eigenvalue weighted by Crippen LogP contribution is 2.49. The first kappa shape index (κ1) is 81.8. The molecular weight excluding hydrogens is 1390 g/mol. The van der Waals surface area contributed by atoms with Crippen molar-refractivity contribution >= 4 is 103 Å². The van der Waals surface area contributed by atoms with Gasteiger partial charge >= 0.3 is 17.8 Å². The van der Waals surface area contributed by atoms with E-state index >= 15 is 4.79 Å². The van der Waals surface area contributed by atoms with E-state index < -0.39 is 113 Å². The van der Waals surface area contributed by atoms with E-state index in [1.54, 1.807) is 71.9 Å². The minimum atomic E-state index is -2.14. The first-order valence-corrected chi connectivity index (χ1v) is 36.7. The Morgan fingerprint density at radius 1 is 0.852 bits per heavy atom. The summed E-state index contributed by atoms with van der Waals surface area (Å²) in [5, 5.41) is 49.2. The van der Waals surface area contributed by atoms with Crippen LogP contribution in [0.5, 0.6) is 17.2 Å². The van der Waals surface area contributed by atoms with E-state index in [4.69, 9.17) is 38.8 Å². The molecule has 8 amide bonds. The number of nitrogens with zero attached hydrogens (tertiary/aromatic N) is 4. The molecule has 5 heterocycles. The molecular formula is C79H103N10O19+. The number of Topliss-reactive ketones (excluding diaryl/α,β-unsaturated/α-hetero) is 1. The molecule has 4 bridgehead atoms. The Labute approximate surface area is 627 Å². The van der Waals surface area contributed by atoms with Crippen LogP contribution >= 0.6 is 0 Å². The summed E-state index contributed by atoms with van der Waals surface area (Å²) in [6.07, 6.45) is 9.32. The van der Waals surface area contributed by atoms with Gasteiger partial charge in [-0.1, -0.05) is 78.3 Å².